The second kappa shape index (κ2) is 4.91. The Hall–Kier alpha value is -2.21. The number of likely N-dealkylation sites (tertiary alicyclic amines) is 1. The lowest BCUT2D eigenvalue weighted by Gasteiger charge is -2.47. The van der Waals surface area contributed by atoms with E-state index in [0.29, 0.717) is 25.3 Å². The summed E-state index contributed by atoms with van der Waals surface area (Å²) in [5, 5.41) is 0. The molecule has 2 aliphatic heterocycles. The van der Waals surface area contributed by atoms with Crippen LogP contribution in [0.4, 0.5) is 0 Å². The Morgan fingerprint density at radius 2 is 2.32 bits per heavy atom. The van der Waals surface area contributed by atoms with E-state index < -0.39 is 5.60 Å². The molecule has 1 spiro atoms. The average Bonchev–Trinajstić information content (AvgIpc) is 3.13. The van der Waals surface area contributed by atoms with Crippen LogP contribution in [-0.2, 0) is 23.4 Å². The van der Waals surface area contributed by atoms with Gasteiger partial charge >= 0.3 is 0 Å². The zero-order valence-corrected chi connectivity index (χ0v) is 12.4. The predicted octanol–water partition coefficient (Wildman–Crippen LogP) is 1.90. The molecular formula is C16H17N3O3. The summed E-state index contributed by atoms with van der Waals surface area (Å²) >= 11 is 0. The molecule has 2 aromatic rings. The summed E-state index contributed by atoms with van der Waals surface area (Å²) in [5.41, 5.74) is 2.15. The van der Waals surface area contributed by atoms with Gasteiger partial charge in [0.1, 0.15) is 17.7 Å². The third kappa shape index (κ3) is 1.94. The fourth-order valence-corrected chi connectivity index (χ4v) is 3.12. The minimum atomic E-state index is -0.417. The summed E-state index contributed by atoms with van der Waals surface area (Å²) in [7, 11) is 0. The van der Waals surface area contributed by atoms with E-state index in [1.165, 1.54) is 12.5 Å². The maximum Gasteiger partial charge on any atom is 0.257 e. The lowest BCUT2D eigenvalue weighted by molar-refractivity contribution is -0.126. The van der Waals surface area contributed by atoms with E-state index in [4.69, 9.17) is 9.15 Å². The number of rotatable bonds is 3. The van der Waals surface area contributed by atoms with E-state index >= 15 is 0 Å². The Labute approximate surface area is 128 Å². The second-order valence-corrected chi connectivity index (χ2v) is 5.85. The Kier molecular flexibility index (Phi) is 3.00. The van der Waals surface area contributed by atoms with Gasteiger partial charge in [-0.15, -0.1) is 0 Å². The van der Waals surface area contributed by atoms with Crippen LogP contribution in [0.5, 0.6) is 0 Å². The molecular weight excluding hydrogens is 282 g/mol. The van der Waals surface area contributed by atoms with Crippen molar-refractivity contribution in [2.45, 2.75) is 32.0 Å². The number of aryl methyl sites for hydroxylation is 1. The first-order chi connectivity index (χ1) is 10.7. The molecule has 0 N–H and O–H groups in total. The van der Waals surface area contributed by atoms with Crippen LogP contribution >= 0.6 is 0 Å². The summed E-state index contributed by atoms with van der Waals surface area (Å²) in [4.78, 5) is 23.0. The van der Waals surface area contributed by atoms with Crippen molar-refractivity contribution in [3.05, 3.63) is 47.4 Å². The third-order valence-electron chi connectivity index (χ3n) is 4.32. The Balaban J connectivity index is 1.52. The van der Waals surface area contributed by atoms with E-state index in [1.807, 2.05) is 6.20 Å². The molecule has 0 unspecified atom stereocenters. The number of hydrogen-bond donors (Lipinski definition) is 0. The number of amides is 1. The highest BCUT2D eigenvalue weighted by atomic mass is 16.5. The normalized spacial score (nSPS) is 18.3. The fourth-order valence-electron chi connectivity index (χ4n) is 3.12. The van der Waals surface area contributed by atoms with Gasteiger partial charge in [-0.3, -0.25) is 4.79 Å². The van der Waals surface area contributed by atoms with Gasteiger partial charge in [0.25, 0.3) is 5.91 Å². The van der Waals surface area contributed by atoms with E-state index in [0.717, 1.165) is 29.9 Å². The number of carbonyl (C=O) groups is 1. The van der Waals surface area contributed by atoms with Crippen molar-refractivity contribution in [3.63, 3.8) is 0 Å². The van der Waals surface area contributed by atoms with Gasteiger partial charge in [0, 0.05) is 18.2 Å². The van der Waals surface area contributed by atoms with Gasteiger partial charge in [-0.25, -0.2) is 9.97 Å². The minimum Gasteiger partial charge on any atom is -0.472 e. The zero-order valence-electron chi connectivity index (χ0n) is 12.4. The van der Waals surface area contributed by atoms with Crippen LogP contribution in [0.1, 0.15) is 40.8 Å². The SMILES string of the molecule is CCCc1ncc2c(n1)COC21CN(C(=O)c2ccoc2)C1. The molecule has 22 heavy (non-hydrogen) atoms. The first-order valence-electron chi connectivity index (χ1n) is 7.52. The van der Waals surface area contributed by atoms with E-state index in [1.54, 1.807) is 11.0 Å². The number of aromatic nitrogens is 2. The standard InChI is InChI=1S/C16H17N3O3/c1-2-3-14-17-6-12-13(18-14)8-22-16(12)9-19(10-16)15(20)11-4-5-21-7-11/h4-7H,2-3,8-10H2,1H3. The smallest absolute Gasteiger partial charge is 0.257 e. The number of furan rings is 1. The maximum absolute atomic E-state index is 12.3. The lowest BCUT2D eigenvalue weighted by Crippen LogP contribution is -2.61. The number of carbonyl (C=O) groups excluding carboxylic acids is 1. The zero-order chi connectivity index (χ0) is 15.2. The van der Waals surface area contributed by atoms with Crippen molar-refractivity contribution in [1.82, 2.24) is 14.9 Å². The molecule has 0 radical (unpaired) electrons. The monoisotopic (exact) mass is 299 g/mol. The molecule has 1 amide bonds. The van der Waals surface area contributed by atoms with Gasteiger partial charge in [0.2, 0.25) is 0 Å². The van der Waals surface area contributed by atoms with Crippen molar-refractivity contribution in [2.24, 2.45) is 0 Å². The van der Waals surface area contributed by atoms with Gasteiger partial charge in [-0.1, -0.05) is 6.92 Å². The molecule has 1 fully saturated rings. The number of fused-ring (bicyclic) bond motifs is 2. The molecule has 0 atom stereocenters. The van der Waals surface area contributed by atoms with Crippen LogP contribution < -0.4 is 0 Å². The topological polar surface area (TPSA) is 68.5 Å². The minimum absolute atomic E-state index is 0.0278. The first-order valence-corrected chi connectivity index (χ1v) is 7.52. The Bertz CT molecular complexity index is 705. The molecule has 0 aromatic carbocycles. The fraction of sp³-hybridized carbons (Fsp3) is 0.438. The highest BCUT2D eigenvalue weighted by molar-refractivity contribution is 5.94. The van der Waals surface area contributed by atoms with Gasteiger partial charge in [-0.05, 0) is 12.5 Å². The third-order valence-corrected chi connectivity index (χ3v) is 4.32. The largest absolute Gasteiger partial charge is 0.472 e. The van der Waals surface area contributed by atoms with Crippen molar-refractivity contribution in [3.8, 4) is 0 Å². The molecule has 6 heteroatoms. The molecule has 4 rings (SSSR count). The van der Waals surface area contributed by atoms with Crippen LogP contribution in [0, 0.1) is 0 Å². The summed E-state index contributed by atoms with van der Waals surface area (Å²) in [6.07, 6.45) is 6.76. The highest BCUT2D eigenvalue weighted by Crippen LogP contribution is 2.42. The number of nitrogens with zero attached hydrogens (tertiary/aromatic N) is 3. The van der Waals surface area contributed by atoms with Crippen LogP contribution in [0.3, 0.4) is 0 Å². The molecule has 0 saturated carbocycles. The van der Waals surface area contributed by atoms with Gasteiger partial charge in [-0.2, -0.15) is 0 Å². The quantitative estimate of drug-likeness (QED) is 0.866. The van der Waals surface area contributed by atoms with Crippen molar-refractivity contribution in [2.75, 3.05) is 13.1 Å². The predicted molar refractivity (Wildman–Crippen MR) is 77.1 cm³/mol. The summed E-state index contributed by atoms with van der Waals surface area (Å²) < 4.78 is 10.9. The van der Waals surface area contributed by atoms with Gasteiger partial charge in [0.05, 0.1) is 37.2 Å². The second-order valence-electron chi connectivity index (χ2n) is 5.85. The Morgan fingerprint density at radius 1 is 1.45 bits per heavy atom. The molecule has 2 aromatic heterocycles. The molecule has 0 bridgehead atoms. The highest BCUT2D eigenvalue weighted by Gasteiger charge is 2.52. The van der Waals surface area contributed by atoms with Crippen molar-refractivity contribution >= 4 is 5.91 Å². The van der Waals surface area contributed by atoms with Crippen LogP contribution in [-0.4, -0.2) is 33.9 Å². The molecule has 6 nitrogen and oxygen atoms in total. The molecule has 114 valence electrons. The molecule has 4 heterocycles. The molecule has 2 aliphatic rings. The van der Waals surface area contributed by atoms with Crippen LogP contribution in [0.25, 0.3) is 0 Å². The van der Waals surface area contributed by atoms with Crippen molar-refractivity contribution in [1.29, 1.82) is 0 Å². The summed E-state index contributed by atoms with van der Waals surface area (Å²) in [5.74, 6) is 0.840. The van der Waals surface area contributed by atoms with E-state index in [-0.39, 0.29) is 5.91 Å². The van der Waals surface area contributed by atoms with Gasteiger partial charge in [0.15, 0.2) is 0 Å². The lowest BCUT2D eigenvalue weighted by atomic mass is 9.87. The number of ether oxygens (including phenoxy) is 1. The maximum atomic E-state index is 12.3. The summed E-state index contributed by atoms with van der Waals surface area (Å²) in [6, 6.07) is 1.68. The van der Waals surface area contributed by atoms with E-state index in [9.17, 15) is 4.79 Å². The molecule has 0 aliphatic carbocycles. The number of hydrogen-bond acceptors (Lipinski definition) is 5. The van der Waals surface area contributed by atoms with Crippen molar-refractivity contribution < 1.29 is 13.9 Å². The first kappa shape index (κ1) is 13.5. The Morgan fingerprint density at radius 3 is 3.05 bits per heavy atom. The van der Waals surface area contributed by atoms with Crippen LogP contribution in [0.2, 0.25) is 0 Å². The van der Waals surface area contributed by atoms with Crippen LogP contribution in [0.15, 0.2) is 29.2 Å². The molecule has 1 saturated heterocycles. The van der Waals surface area contributed by atoms with Gasteiger partial charge < -0.3 is 14.1 Å². The average molecular weight is 299 g/mol. The summed E-state index contributed by atoms with van der Waals surface area (Å²) in [6.45, 7) is 3.70. The van der Waals surface area contributed by atoms with E-state index in [2.05, 4.69) is 16.9 Å².